The van der Waals surface area contributed by atoms with Gasteiger partial charge in [0.05, 0.1) is 0 Å². The molecule has 0 saturated carbocycles. The van der Waals surface area contributed by atoms with E-state index in [2.05, 4.69) is 4.98 Å². The van der Waals surface area contributed by atoms with Gasteiger partial charge >= 0.3 is 11.7 Å². The van der Waals surface area contributed by atoms with Crippen LogP contribution in [0.1, 0.15) is 22.8 Å². The van der Waals surface area contributed by atoms with E-state index >= 15 is 0 Å². The second-order valence-electron chi connectivity index (χ2n) is 5.30. The second kappa shape index (κ2) is 6.95. The van der Waals surface area contributed by atoms with E-state index in [0.29, 0.717) is 0 Å². The van der Waals surface area contributed by atoms with E-state index in [-0.39, 0.29) is 12.1 Å². The zero-order valence-corrected chi connectivity index (χ0v) is 13.2. The van der Waals surface area contributed by atoms with Crippen molar-refractivity contribution in [2.24, 2.45) is 7.05 Å². The van der Waals surface area contributed by atoms with Crippen molar-refractivity contribution < 1.29 is 14.7 Å². The van der Waals surface area contributed by atoms with Crippen LogP contribution in [0.2, 0.25) is 0 Å². The molecule has 1 amide bonds. The summed E-state index contributed by atoms with van der Waals surface area (Å²) in [6.07, 6.45) is 1.01. The number of hydrogen-bond donors (Lipinski definition) is 2. The number of aliphatic carboxylic acids is 1. The Balaban J connectivity index is 2.45. The second-order valence-corrected chi connectivity index (χ2v) is 5.30. The number of carbonyl (C=O) groups is 2. The van der Waals surface area contributed by atoms with Crippen molar-refractivity contribution in [3.05, 3.63) is 68.5 Å². The Bertz CT molecular complexity index is 869. The molecule has 24 heavy (non-hydrogen) atoms. The van der Waals surface area contributed by atoms with E-state index in [4.69, 9.17) is 0 Å². The number of hydrogen-bond acceptors (Lipinski definition) is 4. The summed E-state index contributed by atoms with van der Waals surface area (Å²) in [7, 11) is 1.24. The minimum atomic E-state index is -1.19. The average molecular weight is 331 g/mol. The molecule has 0 radical (unpaired) electrons. The summed E-state index contributed by atoms with van der Waals surface area (Å²) in [4.78, 5) is 50.9. The van der Waals surface area contributed by atoms with Crippen molar-refractivity contribution in [2.75, 3.05) is 0 Å². The van der Waals surface area contributed by atoms with Gasteiger partial charge in [0.25, 0.3) is 11.5 Å². The number of nitrogens with one attached hydrogen (secondary N) is 1. The molecule has 0 fully saturated rings. The molecule has 1 heterocycles. The summed E-state index contributed by atoms with van der Waals surface area (Å²) in [5.74, 6) is -1.95. The Morgan fingerprint density at radius 1 is 1.25 bits per heavy atom. The highest BCUT2D eigenvalue weighted by Gasteiger charge is 2.28. The number of carbonyl (C=O) groups excluding carboxylic acids is 1. The van der Waals surface area contributed by atoms with Crippen LogP contribution in [0.5, 0.6) is 0 Å². The fourth-order valence-corrected chi connectivity index (χ4v) is 2.17. The molecule has 8 nitrogen and oxygen atoms in total. The zero-order valence-electron chi connectivity index (χ0n) is 13.2. The van der Waals surface area contributed by atoms with Gasteiger partial charge in [-0.15, -0.1) is 0 Å². The lowest BCUT2D eigenvalue weighted by molar-refractivity contribution is -0.141. The van der Waals surface area contributed by atoms with Crippen LogP contribution in [-0.2, 0) is 18.4 Å². The van der Waals surface area contributed by atoms with Crippen molar-refractivity contribution in [3.8, 4) is 0 Å². The summed E-state index contributed by atoms with van der Waals surface area (Å²) in [5.41, 5.74) is -1.00. The quantitative estimate of drug-likeness (QED) is 0.812. The Morgan fingerprint density at radius 2 is 1.88 bits per heavy atom. The number of amides is 1. The van der Waals surface area contributed by atoms with E-state index < -0.39 is 29.2 Å². The van der Waals surface area contributed by atoms with E-state index in [1.54, 1.807) is 30.3 Å². The van der Waals surface area contributed by atoms with Crippen molar-refractivity contribution >= 4 is 11.9 Å². The van der Waals surface area contributed by atoms with Crippen LogP contribution in [0.3, 0.4) is 0 Å². The maximum atomic E-state index is 12.7. The first-order chi connectivity index (χ1) is 11.3. The van der Waals surface area contributed by atoms with Gasteiger partial charge < -0.3 is 15.0 Å². The lowest BCUT2D eigenvalue weighted by Crippen LogP contribution is -2.46. The first-order valence-electron chi connectivity index (χ1n) is 7.19. The van der Waals surface area contributed by atoms with Gasteiger partial charge in [-0.2, -0.15) is 0 Å². The third-order valence-electron chi connectivity index (χ3n) is 3.69. The monoisotopic (exact) mass is 331 g/mol. The SMILES string of the molecule is C[C@@H](C(=O)O)N(Cc1ccccc1)C(=O)c1c[nH]c(=O)n(C)c1=O. The molecule has 126 valence electrons. The fraction of sp³-hybridized carbons (Fsp3) is 0.250. The van der Waals surface area contributed by atoms with Gasteiger partial charge in [0, 0.05) is 19.8 Å². The zero-order chi connectivity index (χ0) is 17.9. The molecule has 2 aromatic rings. The van der Waals surface area contributed by atoms with Crippen molar-refractivity contribution in [2.45, 2.75) is 19.5 Å². The van der Waals surface area contributed by atoms with Crippen LogP contribution in [-0.4, -0.2) is 37.5 Å². The largest absolute Gasteiger partial charge is 0.480 e. The van der Waals surface area contributed by atoms with Gasteiger partial charge in [-0.05, 0) is 12.5 Å². The Labute approximate surface area is 137 Å². The van der Waals surface area contributed by atoms with E-state index in [1.165, 1.54) is 14.0 Å². The average Bonchev–Trinajstić information content (AvgIpc) is 2.57. The Hall–Kier alpha value is -3.16. The van der Waals surface area contributed by atoms with Gasteiger partial charge in [0.15, 0.2) is 0 Å². The molecular formula is C16H17N3O5. The summed E-state index contributed by atoms with van der Waals surface area (Å²) in [6.45, 7) is 1.38. The molecule has 0 aliphatic rings. The molecule has 2 N–H and O–H groups in total. The number of rotatable bonds is 5. The highest BCUT2D eigenvalue weighted by atomic mass is 16.4. The highest BCUT2D eigenvalue weighted by molar-refractivity contribution is 5.96. The Morgan fingerprint density at radius 3 is 2.46 bits per heavy atom. The van der Waals surface area contributed by atoms with Crippen LogP contribution in [0.25, 0.3) is 0 Å². The molecule has 0 saturated heterocycles. The molecule has 1 atom stereocenters. The topological polar surface area (TPSA) is 112 Å². The van der Waals surface area contributed by atoms with E-state index in [9.17, 15) is 24.3 Å². The van der Waals surface area contributed by atoms with Crippen LogP contribution < -0.4 is 11.2 Å². The molecule has 2 rings (SSSR count). The predicted octanol–water partition coefficient (Wildman–Crippen LogP) is 0.189. The Kier molecular flexibility index (Phi) is 4.98. The van der Waals surface area contributed by atoms with Crippen LogP contribution in [0.15, 0.2) is 46.1 Å². The minimum absolute atomic E-state index is 0.0232. The number of aromatic amines is 1. The summed E-state index contributed by atoms with van der Waals surface area (Å²) in [5, 5.41) is 9.26. The first-order valence-corrected chi connectivity index (χ1v) is 7.19. The van der Waals surface area contributed by atoms with Crippen LogP contribution >= 0.6 is 0 Å². The molecule has 0 spiro atoms. The van der Waals surface area contributed by atoms with Crippen molar-refractivity contribution in [1.82, 2.24) is 14.5 Å². The number of carboxylic acids is 1. The summed E-state index contributed by atoms with van der Waals surface area (Å²) >= 11 is 0. The number of aromatic nitrogens is 2. The van der Waals surface area contributed by atoms with Gasteiger partial charge in [0.2, 0.25) is 0 Å². The smallest absolute Gasteiger partial charge is 0.328 e. The number of carboxylic acid groups (broad SMARTS) is 1. The molecule has 0 unspecified atom stereocenters. The predicted molar refractivity (Wildman–Crippen MR) is 85.7 cm³/mol. The van der Waals surface area contributed by atoms with Gasteiger partial charge in [-0.3, -0.25) is 14.2 Å². The number of H-pyrrole nitrogens is 1. The number of benzene rings is 1. The lowest BCUT2D eigenvalue weighted by Gasteiger charge is -2.26. The number of nitrogens with zero attached hydrogens (tertiary/aromatic N) is 2. The maximum absolute atomic E-state index is 12.7. The van der Waals surface area contributed by atoms with Crippen molar-refractivity contribution in [3.63, 3.8) is 0 Å². The molecule has 0 aliphatic carbocycles. The summed E-state index contributed by atoms with van der Waals surface area (Å²) < 4.78 is 0.763. The standard InChI is InChI=1S/C16H17N3O5/c1-10(15(22)23)19(9-11-6-4-3-5-7-11)14(21)12-8-17-16(24)18(2)13(12)20/h3-8,10H,9H2,1-2H3,(H,17,24)(H,22,23)/t10-/m0/s1. The lowest BCUT2D eigenvalue weighted by atomic mass is 10.1. The van der Waals surface area contributed by atoms with E-state index in [0.717, 1.165) is 21.2 Å². The molecule has 1 aromatic heterocycles. The molecular weight excluding hydrogens is 314 g/mol. The van der Waals surface area contributed by atoms with Crippen molar-refractivity contribution in [1.29, 1.82) is 0 Å². The first kappa shape index (κ1) is 17.2. The van der Waals surface area contributed by atoms with Gasteiger partial charge in [-0.1, -0.05) is 30.3 Å². The van der Waals surface area contributed by atoms with E-state index in [1.807, 2.05) is 0 Å². The van der Waals surface area contributed by atoms with Crippen LogP contribution in [0, 0.1) is 0 Å². The third kappa shape index (κ3) is 3.43. The van der Waals surface area contributed by atoms with Gasteiger partial charge in [-0.25, -0.2) is 9.59 Å². The molecule has 8 heteroatoms. The normalized spacial score (nSPS) is 11.8. The molecule has 1 aromatic carbocycles. The highest BCUT2D eigenvalue weighted by Crippen LogP contribution is 2.11. The molecule has 0 bridgehead atoms. The van der Waals surface area contributed by atoms with Crippen LogP contribution in [0.4, 0.5) is 0 Å². The molecule has 0 aliphatic heterocycles. The summed E-state index contributed by atoms with van der Waals surface area (Å²) in [6, 6.07) is 7.69. The minimum Gasteiger partial charge on any atom is -0.480 e. The maximum Gasteiger partial charge on any atom is 0.328 e. The fourth-order valence-electron chi connectivity index (χ4n) is 2.17. The van der Waals surface area contributed by atoms with Gasteiger partial charge in [0.1, 0.15) is 11.6 Å². The third-order valence-corrected chi connectivity index (χ3v) is 3.69.